The minimum absolute atomic E-state index is 0.109. The number of hydrogen-bond acceptors (Lipinski definition) is 5. The predicted octanol–water partition coefficient (Wildman–Crippen LogP) is 3.49. The molecule has 35 heavy (non-hydrogen) atoms. The zero-order valence-corrected chi connectivity index (χ0v) is 22.1. The second-order valence-electron chi connectivity index (χ2n) is 8.47. The number of aryl methyl sites for hydroxylation is 1. The summed E-state index contributed by atoms with van der Waals surface area (Å²) in [5.41, 5.74) is 2.37. The summed E-state index contributed by atoms with van der Waals surface area (Å²) in [7, 11) is -1.94. The second kappa shape index (κ2) is 13.1. The molecule has 0 fully saturated rings. The van der Waals surface area contributed by atoms with Crippen molar-refractivity contribution in [1.82, 2.24) is 10.2 Å². The molecule has 2 amide bonds. The lowest BCUT2D eigenvalue weighted by Crippen LogP contribution is -2.49. The van der Waals surface area contributed by atoms with Gasteiger partial charge in [-0.25, -0.2) is 8.42 Å². The highest BCUT2D eigenvalue weighted by molar-refractivity contribution is 7.92. The van der Waals surface area contributed by atoms with Crippen molar-refractivity contribution >= 4 is 27.5 Å². The first-order chi connectivity index (χ1) is 16.6. The number of hydrogen-bond donors (Lipinski definition) is 1. The fraction of sp³-hybridized carbons (Fsp3) is 0.462. The molecule has 0 saturated heterocycles. The molecular formula is C26H37N3O5S. The predicted molar refractivity (Wildman–Crippen MR) is 139 cm³/mol. The highest BCUT2D eigenvalue weighted by Gasteiger charge is 2.28. The first kappa shape index (κ1) is 28.2. The van der Waals surface area contributed by atoms with Crippen LogP contribution in [0.4, 0.5) is 5.69 Å². The Hall–Kier alpha value is -3.07. The first-order valence-electron chi connectivity index (χ1n) is 11.8. The van der Waals surface area contributed by atoms with Crippen LogP contribution in [0.1, 0.15) is 44.2 Å². The summed E-state index contributed by atoms with van der Waals surface area (Å²) in [6.07, 6.45) is 2.05. The van der Waals surface area contributed by atoms with Crippen molar-refractivity contribution in [3.63, 3.8) is 0 Å². The SMILES string of the molecule is CCNC(=O)[C@@H](CC)N(Cc1cccc(OC)c1)C(=O)CCCN(c1cccc(C)c1)S(C)(=O)=O. The lowest BCUT2D eigenvalue weighted by Gasteiger charge is -2.31. The Bertz CT molecular complexity index is 1100. The van der Waals surface area contributed by atoms with Crippen LogP contribution >= 0.6 is 0 Å². The molecule has 0 bridgehead atoms. The number of nitrogens with one attached hydrogen (secondary N) is 1. The number of nitrogens with zero attached hydrogens (tertiary/aromatic N) is 2. The summed E-state index contributed by atoms with van der Waals surface area (Å²) < 4.78 is 31.5. The van der Waals surface area contributed by atoms with E-state index in [-0.39, 0.29) is 31.3 Å². The average molecular weight is 504 g/mol. The first-order valence-corrected chi connectivity index (χ1v) is 13.7. The molecular weight excluding hydrogens is 466 g/mol. The monoisotopic (exact) mass is 503 g/mol. The number of ether oxygens (including phenoxy) is 1. The molecule has 0 aliphatic rings. The normalized spacial score (nSPS) is 12.0. The van der Waals surface area contributed by atoms with E-state index in [0.29, 0.717) is 30.8 Å². The number of benzene rings is 2. The van der Waals surface area contributed by atoms with Crippen molar-refractivity contribution in [3.05, 3.63) is 59.7 Å². The summed E-state index contributed by atoms with van der Waals surface area (Å²) in [6.45, 7) is 6.49. The van der Waals surface area contributed by atoms with E-state index in [1.54, 1.807) is 24.1 Å². The molecule has 1 N–H and O–H groups in total. The Morgan fingerprint density at radius 3 is 2.40 bits per heavy atom. The molecule has 2 aromatic rings. The van der Waals surface area contributed by atoms with Gasteiger partial charge in [-0.1, -0.05) is 31.2 Å². The Morgan fingerprint density at radius 1 is 1.09 bits per heavy atom. The number of carbonyl (C=O) groups excluding carboxylic acids is 2. The minimum Gasteiger partial charge on any atom is -0.497 e. The largest absolute Gasteiger partial charge is 0.497 e. The van der Waals surface area contributed by atoms with Gasteiger partial charge in [0.2, 0.25) is 21.8 Å². The van der Waals surface area contributed by atoms with Gasteiger partial charge in [0.15, 0.2) is 0 Å². The van der Waals surface area contributed by atoms with Gasteiger partial charge in [0.1, 0.15) is 11.8 Å². The third-order valence-corrected chi connectivity index (χ3v) is 6.86. The van der Waals surface area contributed by atoms with Crippen LogP contribution in [-0.4, -0.2) is 57.6 Å². The average Bonchev–Trinajstić information content (AvgIpc) is 2.81. The van der Waals surface area contributed by atoms with E-state index >= 15 is 0 Å². The van der Waals surface area contributed by atoms with Crippen molar-refractivity contribution in [2.75, 3.05) is 30.8 Å². The molecule has 0 heterocycles. The molecule has 0 saturated carbocycles. The Morgan fingerprint density at radius 2 is 1.80 bits per heavy atom. The zero-order valence-electron chi connectivity index (χ0n) is 21.3. The van der Waals surface area contributed by atoms with Crippen LogP contribution < -0.4 is 14.4 Å². The van der Waals surface area contributed by atoms with Gasteiger partial charge in [0, 0.05) is 26.1 Å². The number of rotatable bonds is 13. The molecule has 0 aromatic heterocycles. The number of amides is 2. The van der Waals surface area contributed by atoms with Gasteiger partial charge in [-0.15, -0.1) is 0 Å². The number of methoxy groups -OCH3 is 1. The number of anilines is 1. The maximum atomic E-state index is 13.4. The number of sulfonamides is 1. The summed E-state index contributed by atoms with van der Waals surface area (Å²) in [5.74, 6) is 0.260. The molecule has 2 rings (SSSR count). The smallest absolute Gasteiger partial charge is 0.242 e. The number of carbonyl (C=O) groups is 2. The fourth-order valence-corrected chi connectivity index (χ4v) is 4.92. The Labute approximate surface area is 209 Å². The third kappa shape index (κ3) is 8.28. The Balaban J connectivity index is 2.22. The molecule has 0 radical (unpaired) electrons. The van der Waals surface area contributed by atoms with Gasteiger partial charge in [-0.2, -0.15) is 0 Å². The van der Waals surface area contributed by atoms with E-state index in [1.807, 2.05) is 57.2 Å². The third-order valence-electron chi connectivity index (χ3n) is 5.67. The standard InChI is InChI=1S/C26H37N3O5S/c1-6-24(26(31)27-7-2)28(19-21-12-9-14-23(18-21)34-4)25(30)15-10-16-29(35(5,32)33)22-13-8-11-20(3)17-22/h8-9,11-14,17-18,24H,6-7,10,15-16,19H2,1-5H3,(H,27,31)/t24-/m1/s1. The van der Waals surface area contributed by atoms with Gasteiger partial charge >= 0.3 is 0 Å². The number of likely N-dealkylation sites (N-methyl/N-ethyl adjacent to an activating group) is 1. The molecule has 0 spiro atoms. The lowest BCUT2D eigenvalue weighted by molar-refractivity contribution is -0.141. The van der Waals surface area contributed by atoms with E-state index in [9.17, 15) is 18.0 Å². The van der Waals surface area contributed by atoms with Crippen LogP contribution in [0, 0.1) is 6.92 Å². The van der Waals surface area contributed by atoms with Crippen molar-refractivity contribution in [2.24, 2.45) is 0 Å². The summed E-state index contributed by atoms with van der Waals surface area (Å²) >= 11 is 0. The van der Waals surface area contributed by atoms with Crippen molar-refractivity contribution in [1.29, 1.82) is 0 Å². The molecule has 9 heteroatoms. The van der Waals surface area contributed by atoms with Crippen LogP contribution in [0.3, 0.4) is 0 Å². The van der Waals surface area contributed by atoms with Crippen LogP contribution in [0.5, 0.6) is 5.75 Å². The van der Waals surface area contributed by atoms with E-state index in [4.69, 9.17) is 4.74 Å². The lowest BCUT2D eigenvalue weighted by atomic mass is 10.1. The van der Waals surface area contributed by atoms with Gasteiger partial charge in [0.05, 0.1) is 19.1 Å². The van der Waals surface area contributed by atoms with E-state index in [0.717, 1.165) is 17.4 Å². The minimum atomic E-state index is -3.52. The highest BCUT2D eigenvalue weighted by atomic mass is 32.2. The van der Waals surface area contributed by atoms with E-state index in [1.165, 1.54) is 4.31 Å². The van der Waals surface area contributed by atoms with Crippen molar-refractivity contribution < 1.29 is 22.7 Å². The van der Waals surface area contributed by atoms with Gasteiger partial charge in [-0.3, -0.25) is 13.9 Å². The highest BCUT2D eigenvalue weighted by Crippen LogP contribution is 2.21. The van der Waals surface area contributed by atoms with Gasteiger partial charge < -0.3 is 15.0 Å². The molecule has 0 unspecified atom stereocenters. The maximum absolute atomic E-state index is 13.4. The molecule has 2 aromatic carbocycles. The summed E-state index contributed by atoms with van der Waals surface area (Å²) in [6, 6.07) is 14.0. The fourth-order valence-electron chi connectivity index (χ4n) is 3.97. The van der Waals surface area contributed by atoms with Crippen molar-refractivity contribution in [2.45, 2.75) is 52.6 Å². The van der Waals surface area contributed by atoms with Crippen LogP contribution in [0.15, 0.2) is 48.5 Å². The molecule has 8 nitrogen and oxygen atoms in total. The van der Waals surface area contributed by atoms with Gasteiger partial charge in [-0.05, 0) is 62.1 Å². The van der Waals surface area contributed by atoms with Crippen LogP contribution in [0.2, 0.25) is 0 Å². The zero-order chi connectivity index (χ0) is 26.0. The van der Waals surface area contributed by atoms with Crippen LogP contribution in [0.25, 0.3) is 0 Å². The maximum Gasteiger partial charge on any atom is 0.242 e. The van der Waals surface area contributed by atoms with Gasteiger partial charge in [0.25, 0.3) is 0 Å². The quantitative estimate of drug-likeness (QED) is 0.451. The van der Waals surface area contributed by atoms with E-state index in [2.05, 4.69) is 5.32 Å². The Kier molecular flexibility index (Phi) is 10.6. The summed E-state index contributed by atoms with van der Waals surface area (Å²) in [4.78, 5) is 27.7. The molecule has 0 aliphatic carbocycles. The molecule has 192 valence electrons. The molecule has 0 aliphatic heterocycles. The summed E-state index contributed by atoms with van der Waals surface area (Å²) in [5, 5.41) is 2.82. The second-order valence-corrected chi connectivity index (χ2v) is 10.4. The van der Waals surface area contributed by atoms with Crippen LogP contribution in [-0.2, 0) is 26.2 Å². The van der Waals surface area contributed by atoms with Crippen molar-refractivity contribution in [3.8, 4) is 5.75 Å². The van der Waals surface area contributed by atoms with E-state index < -0.39 is 16.1 Å². The molecule has 1 atom stereocenters. The topological polar surface area (TPSA) is 96.0 Å².